The van der Waals surface area contributed by atoms with E-state index in [1.807, 2.05) is 18.2 Å². The van der Waals surface area contributed by atoms with Gasteiger partial charge in [0, 0.05) is 17.6 Å². The van der Waals surface area contributed by atoms with Gasteiger partial charge in [-0.1, -0.05) is 15.9 Å². The van der Waals surface area contributed by atoms with Crippen molar-refractivity contribution >= 4 is 27.3 Å². The van der Waals surface area contributed by atoms with E-state index < -0.39 is 0 Å². The molecule has 88 valence electrons. The zero-order valence-electron chi connectivity index (χ0n) is 9.21. The third-order valence-electron chi connectivity index (χ3n) is 2.81. The molecule has 1 aliphatic rings. The zero-order chi connectivity index (χ0) is 11.4. The SMILES string of the molecule is Nc1cc(Br)ccc1NCC1CCCCO1. The van der Waals surface area contributed by atoms with E-state index in [4.69, 9.17) is 10.5 Å². The van der Waals surface area contributed by atoms with Gasteiger partial charge in [-0.25, -0.2) is 0 Å². The Morgan fingerprint density at radius 3 is 3.00 bits per heavy atom. The van der Waals surface area contributed by atoms with Crippen LogP contribution in [-0.2, 0) is 4.74 Å². The van der Waals surface area contributed by atoms with E-state index in [1.165, 1.54) is 12.8 Å². The molecule has 0 saturated carbocycles. The van der Waals surface area contributed by atoms with Gasteiger partial charge in [0.2, 0.25) is 0 Å². The van der Waals surface area contributed by atoms with Crippen molar-refractivity contribution in [3.8, 4) is 0 Å². The number of rotatable bonds is 3. The summed E-state index contributed by atoms with van der Waals surface area (Å²) in [5, 5.41) is 3.34. The third-order valence-corrected chi connectivity index (χ3v) is 3.30. The Labute approximate surface area is 104 Å². The van der Waals surface area contributed by atoms with Crippen LogP contribution in [-0.4, -0.2) is 19.3 Å². The first-order valence-corrected chi connectivity index (χ1v) is 6.45. The van der Waals surface area contributed by atoms with Crippen LogP contribution in [0.2, 0.25) is 0 Å². The van der Waals surface area contributed by atoms with Crippen molar-refractivity contribution in [3.05, 3.63) is 22.7 Å². The number of nitrogen functional groups attached to an aromatic ring is 1. The first-order valence-electron chi connectivity index (χ1n) is 5.66. The normalized spacial score (nSPS) is 20.7. The molecule has 0 bridgehead atoms. The van der Waals surface area contributed by atoms with Crippen LogP contribution in [0, 0.1) is 0 Å². The summed E-state index contributed by atoms with van der Waals surface area (Å²) in [7, 11) is 0. The highest BCUT2D eigenvalue weighted by Crippen LogP contribution is 2.23. The summed E-state index contributed by atoms with van der Waals surface area (Å²) in [4.78, 5) is 0. The van der Waals surface area contributed by atoms with Crippen molar-refractivity contribution in [3.63, 3.8) is 0 Å². The number of anilines is 2. The molecule has 0 amide bonds. The van der Waals surface area contributed by atoms with Crippen molar-refractivity contribution < 1.29 is 4.74 Å². The highest BCUT2D eigenvalue weighted by atomic mass is 79.9. The second-order valence-electron chi connectivity index (χ2n) is 4.10. The molecule has 3 nitrogen and oxygen atoms in total. The van der Waals surface area contributed by atoms with Gasteiger partial charge in [0.25, 0.3) is 0 Å². The van der Waals surface area contributed by atoms with Crippen LogP contribution in [0.1, 0.15) is 19.3 Å². The van der Waals surface area contributed by atoms with E-state index in [2.05, 4.69) is 21.2 Å². The maximum absolute atomic E-state index is 5.90. The molecule has 1 saturated heterocycles. The molecular weight excluding hydrogens is 268 g/mol. The van der Waals surface area contributed by atoms with Crippen molar-refractivity contribution in [1.82, 2.24) is 0 Å². The molecule has 1 aromatic carbocycles. The molecule has 1 aliphatic heterocycles. The highest BCUT2D eigenvalue weighted by molar-refractivity contribution is 9.10. The average Bonchev–Trinajstić information content (AvgIpc) is 2.29. The van der Waals surface area contributed by atoms with Crippen LogP contribution in [0.3, 0.4) is 0 Å². The van der Waals surface area contributed by atoms with Gasteiger partial charge in [0.15, 0.2) is 0 Å². The molecule has 2 rings (SSSR count). The Morgan fingerprint density at radius 1 is 1.44 bits per heavy atom. The van der Waals surface area contributed by atoms with Crippen molar-refractivity contribution in [1.29, 1.82) is 0 Å². The minimum absolute atomic E-state index is 0.330. The molecule has 3 N–H and O–H groups in total. The second-order valence-corrected chi connectivity index (χ2v) is 5.02. The van der Waals surface area contributed by atoms with Gasteiger partial charge in [0.1, 0.15) is 0 Å². The van der Waals surface area contributed by atoms with Crippen LogP contribution in [0.5, 0.6) is 0 Å². The number of hydrogen-bond acceptors (Lipinski definition) is 3. The summed E-state index contributed by atoms with van der Waals surface area (Å²) in [6, 6.07) is 5.88. The Hall–Kier alpha value is -0.740. The van der Waals surface area contributed by atoms with Crippen LogP contribution >= 0.6 is 15.9 Å². The third kappa shape index (κ3) is 3.12. The fourth-order valence-corrected chi connectivity index (χ4v) is 2.27. The number of ether oxygens (including phenoxy) is 1. The van der Waals surface area contributed by atoms with Crippen LogP contribution in [0.25, 0.3) is 0 Å². The summed E-state index contributed by atoms with van der Waals surface area (Å²) >= 11 is 3.39. The fourth-order valence-electron chi connectivity index (χ4n) is 1.89. The second kappa shape index (κ2) is 5.55. The largest absolute Gasteiger partial charge is 0.397 e. The number of benzene rings is 1. The molecule has 1 fully saturated rings. The van der Waals surface area contributed by atoms with Gasteiger partial charge in [-0.3, -0.25) is 0 Å². The molecular formula is C12H17BrN2O. The topological polar surface area (TPSA) is 47.3 Å². The molecule has 1 aromatic rings. The van der Waals surface area contributed by atoms with Crippen molar-refractivity contribution in [2.75, 3.05) is 24.2 Å². The fraction of sp³-hybridized carbons (Fsp3) is 0.500. The zero-order valence-corrected chi connectivity index (χ0v) is 10.8. The van der Waals surface area contributed by atoms with Gasteiger partial charge in [-0.2, -0.15) is 0 Å². The van der Waals surface area contributed by atoms with Crippen LogP contribution in [0.4, 0.5) is 11.4 Å². The van der Waals surface area contributed by atoms with E-state index in [-0.39, 0.29) is 0 Å². The van der Waals surface area contributed by atoms with E-state index in [9.17, 15) is 0 Å². The number of hydrogen-bond donors (Lipinski definition) is 2. The van der Waals surface area contributed by atoms with E-state index >= 15 is 0 Å². The van der Waals surface area contributed by atoms with Gasteiger partial charge >= 0.3 is 0 Å². The first-order chi connectivity index (χ1) is 7.75. The van der Waals surface area contributed by atoms with Crippen LogP contribution in [0.15, 0.2) is 22.7 Å². The molecule has 1 heterocycles. The Morgan fingerprint density at radius 2 is 2.31 bits per heavy atom. The Balaban J connectivity index is 1.88. The molecule has 4 heteroatoms. The van der Waals surface area contributed by atoms with Gasteiger partial charge in [0.05, 0.1) is 17.5 Å². The standard InChI is InChI=1S/C12H17BrN2O/c13-9-4-5-12(11(14)7-9)15-8-10-3-1-2-6-16-10/h4-5,7,10,15H,1-3,6,8,14H2. The highest BCUT2D eigenvalue weighted by Gasteiger charge is 2.13. The molecule has 16 heavy (non-hydrogen) atoms. The van der Waals surface area contributed by atoms with Gasteiger partial charge in [-0.15, -0.1) is 0 Å². The van der Waals surface area contributed by atoms with Gasteiger partial charge in [-0.05, 0) is 37.5 Å². The quantitative estimate of drug-likeness (QED) is 0.839. The van der Waals surface area contributed by atoms with Crippen molar-refractivity contribution in [2.45, 2.75) is 25.4 Å². The lowest BCUT2D eigenvalue weighted by atomic mass is 10.1. The van der Waals surface area contributed by atoms with E-state index in [1.54, 1.807) is 0 Å². The molecule has 1 unspecified atom stereocenters. The van der Waals surface area contributed by atoms with Crippen LogP contribution < -0.4 is 11.1 Å². The average molecular weight is 285 g/mol. The van der Waals surface area contributed by atoms with E-state index in [0.717, 1.165) is 35.4 Å². The molecule has 0 aromatic heterocycles. The summed E-state index contributed by atoms with van der Waals surface area (Å²) < 4.78 is 6.65. The monoisotopic (exact) mass is 284 g/mol. The predicted octanol–water partition coefficient (Wildman–Crippen LogP) is 3.01. The van der Waals surface area contributed by atoms with Gasteiger partial charge < -0.3 is 15.8 Å². The minimum atomic E-state index is 0.330. The minimum Gasteiger partial charge on any atom is -0.397 e. The maximum atomic E-state index is 5.90. The lowest BCUT2D eigenvalue weighted by molar-refractivity contribution is 0.0248. The van der Waals surface area contributed by atoms with E-state index in [0.29, 0.717) is 6.10 Å². The first kappa shape index (κ1) is 11.7. The lowest BCUT2D eigenvalue weighted by Gasteiger charge is -2.23. The lowest BCUT2D eigenvalue weighted by Crippen LogP contribution is -2.27. The Kier molecular flexibility index (Phi) is 4.07. The smallest absolute Gasteiger partial charge is 0.0747 e. The molecule has 1 atom stereocenters. The summed E-state index contributed by atoms with van der Waals surface area (Å²) in [6.45, 7) is 1.73. The number of nitrogens with two attached hydrogens (primary N) is 1. The predicted molar refractivity (Wildman–Crippen MR) is 70.6 cm³/mol. The molecule has 0 radical (unpaired) electrons. The Bertz CT molecular complexity index is 351. The summed E-state index contributed by atoms with van der Waals surface area (Å²) in [5.41, 5.74) is 7.66. The molecule has 0 spiro atoms. The molecule has 0 aliphatic carbocycles. The summed E-state index contributed by atoms with van der Waals surface area (Å²) in [5.74, 6) is 0. The number of nitrogens with one attached hydrogen (secondary N) is 1. The van der Waals surface area contributed by atoms with Crippen molar-refractivity contribution in [2.24, 2.45) is 0 Å². The summed E-state index contributed by atoms with van der Waals surface area (Å²) in [6.07, 6.45) is 3.93. The number of halogens is 1. The maximum Gasteiger partial charge on any atom is 0.0747 e.